The molecule has 6 heteroatoms. The van der Waals surface area contributed by atoms with Crippen LogP contribution >= 0.6 is 0 Å². The molecule has 0 aliphatic carbocycles. The second-order valence-electron chi connectivity index (χ2n) is 8.36. The lowest BCUT2D eigenvalue weighted by Crippen LogP contribution is -2.31. The van der Waals surface area contributed by atoms with Gasteiger partial charge in [-0.15, -0.1) is 0 Å². The van der Waals surface area contributed by atoms with E-state index in [4.69, 9.17) is 0 Å². The molecule has 4 rings (SSSR count). The van der Waals surface area contributed by atoms with Gasteiger partial charge in [-0.2, -0.15) is 0 Å². The molecule has 2 heterocycles. The van der Waals surface area contributed by atoms with Crippen LogP contribution < -0.4 is 15.1 Å². The number of amides is 3. The summed E-state index contributed by atoms with van der Waals surface area (Å²) in [5.74, 6) is -1.12. The third kappa shape index (κ3) is 3.18. The first kappa shape index (κ1) is 19.9. The minimum atomic E-state index is -0.501. The van der Waals surface area contributed by atoms with Crippen LogP contribution in [0.4, 0.5) is 17.1 Å². The molecule has 3 amide bonds. The van der Waals surface area contributed by atoms with Crippen molar-refractivity contribution in [2.24, 2.45) is 5.92 Å². The smallest absolute Gasteiger partial charge is 0.241 e. The summed E-state index contributed by atoms with van der Waals surface area (Å²) in [6.45, 7) is 5.71. The Kier molecular flexibility index (Phi) is 4.73. The predicted molar refractivity (Wildman–Crippen MR) is 117 cm³/mol. The number of nitrogens with zero attached hydrogens (tertiary/aromatic N) is 2. The van der Waals surface area contributed by atoms with Gasteiger partial charge in [0.05, 0.1) is 11.6 Å². The van der Waals surface area contributed by atoms with Crippen LogP contribution in [0, 0.1) is 5.92 Å². The molecule has 2 aromatic carbocycles. The van der Waals surface area contributed by atoms with Crippen molar-refractivity contribution in [1.29, 1.82) is 0 Å². The van der Waals surface area contributed by atoms with Crippen LogP contribution in [0.15, 0.2) is 60.3 Å². The fourth-order valence-electron chi connectivity index (χ4n) is 4.45. The first-order chi connectivity index (χ1) is 14.2. The number of hydrogen-bond acceptors (Lipinski definition) is 4. The number of rotatable bonds is 3. The minimum absolute atomic E-state index is 0.149. The van der Waals surface area contributed by atoms with Crippen molar-refractivity contribution in [2.45, 2.75) is 32.6 Å². The van der Waals surface area contributed by atoms with Crippen LogP contribution in [0.5, 0.6) is 0 Å². The summed E-state index contributed by atoms with van der Waals surface area (Å²) in [7, 11) is 2.00. The molecule has 0 spiro atoms. The lowest BCUT2D eigenvalue weighted by atomic mass is 9.82. The van der Waals surface area contributed by atoms with E-state index in [1.807, 2.05) is 25.3 Å². The monoisotopic (exact) mass is 403 g/mol. The van der Waals surface area contributed by atoms with Gasteiger partial charge in [0.2, 0.25) is 17.7 Å². The molecule has 6 nitrogen and oxygen atoms in total. The summed E-state index contributed by atoms with van der Waals surface area (Å²) >= 11 is 0. The Hall–Kier alpha value is -3.41. The fourth-order valence-corrected chi connectivity index (χ4v) is 4.45. The number of benzene rings is 2. The summed E-state index contributed by atoms with van der Waals surface area (Å²) in [6, 6.07) is 14.9. The van der Waals surface area contributed by atoms with Crippen molar-refractivity contribution in [3.63, 3.8) is 0 Å². The van der Waals surface area contributed by atoms with E-state index in [2.05, 4.69) is 36.2 Å². The largest absolute Gasteiger partial charge is 0.347 e. The Morgan fingerprint density at radius 3 is 2.40 bits per heavy atom. The highest BCUT2D eigenvalue weighted by Crippen LogP contribution is 2.47. The van der Waals surface area contributed by atoms with Gasteiger partial charge in [-0.1, -0.05) is 38.1 Å². The van der Waals surface area contributed by atoms with Gasteiger partial charge in [0.15, 0.2) is 0 Å². The van der Waals surface area contributed by atoms with Gasteiger partial charge in [0, 0.05) is 42.9 Å². The molecular formula is C24H25N3O3. The number of nitrogens with one attached hydrogen (secondary N) is 1. The average molecular weight is 403 g/mol. The number of fused-ring (bicyclic) bond motifs is 1. The molecule has 154 valence electrons. The van der Waals surface area contributed by atoms with Gasteiger partial charge in [0.1, 0.15) is 0 Å². The Morgan fingerprint density at radius 2 is 1.77 bits per heavy atom. The van der Waals surface area contributed by atoms with Gasteiger partial charge in [0.25, 0.3) is 0 Å². The molecule has 1 atom stereocenters. The standard InChI is InChI=1S/C24H25N3O3/c1-15(28)25-17-9-11-18(12-10-17)27-22(29)14-16(23(27)30)13-21-24(2,3)19-7-5-6-8-20(19)26(21)4/h5-13,16H,14H2,1-4H3,(H,25,28). The van der Waals surface area contributed by atoms with E-state index in [1.54, 1.807) is 24.3 Å². The Morgan fingerprint density at radius 1 is 1.10 bits per heavy atom. The van der Waals surface area contributed by atoms with Crippen LogP contribution in [-0.4, -0.2) is 24.8 Å². The number of allylic oxidation sites excluding steroid dienone is 1. The lowest BCUT2D eigenvalue weighted by molar-refractivity contribution is -0.122. The first-order valence-electron chi connectivity index (χ1n) is 10.00. The van der Waals surface area contributed by atoms with Crippen LogP contribution in [0.2, 0.25) is 0 Å². The summed E-state index contributed by atoms with van der Waals surface area (Å²) in [4.78, 5) is 40.4. The number of imide groups is 1. The normalized spacial score (nSPS) is 21.3. The number of anilines is 3. The number of carbonyl (C=O) groups is 3. The number of carbonyl (C=O) groups excluding carboxylic acids is 3. The number of likely N-dealkylation sites (N-methyl/N-ethyl adjacent to an activating group) is 1. The molecule has 30 heavy (non-hydrogen) atoms. The molecule has 2 aliphatic rings. The van der Waals surface area contributed by atoms with Crippen molar-refractivity contribution in [1.82, 2.24) is 0 Å². The zero-order valence-electron chi connectivity index (χ0n) is 17.6. The third-order valence-corrected chi connectivity index (χ3v) is 5.93. The number of para-hydroxylation sites is 1. The van der Waals surface area contributed by atoms with Gasteiger partial charge in [-0.05, 0) is 35.9 Å². The summed E-state index contributed by atoms with van der Waals surface area (Å²) in [5.41, 5.74) is 4.25. The second-order valence-corrected chi connectivity index (χ2v) is 8.36. The molecule has 0 aromatic heterocycles. The summed E-state index contributed by atoms with van der Waals surface area (Å²) in [5, 5.41) is 2.68. The van der Waals surface area contributed by atoms with E-state index in [-0.39, 0.29) is 29.6 Å². The van der Waals surface area contributed by atoms with E-state index in [0.717, 1.165) is 11.4 Å². The van der Waals surface area contributed by atoms with E-state index in [0.29, 0.717) is 11.4 Å². The molecule has 1 unspecified atom stereocenters. The highest BCUT2D eigenvalue weighted by molar-refractivity contribution is 6.21. The topological polar surface area (TPSA) is 69.7 Å². The average Bonchev–Trinajstić information content (AvgIpc) is 3.08. The maximum Gasteiger partial charge on any atom is 0.241 e. The van der Waals surface area contributed by atoms with E-state index in [9.17, 15) is 14.4 Å². The Labute approximate surface area is 176 Å². The molecule has 1 N–H and O–H groups in total. The van der Waals surface area contributed by atoms with Gasteiger partial charge in [-0.25, -0.2) is 0 Å². The molecule has 0 saturated carbocycles. The quantitative estimate of drug-likeness (QED) is 0.791. The highest BCUT2D eigenvalue weighted by atomic mass is 16.2. The van der Waals surface area contributed by atoms with Crippen LogP contribution in [0.25, 0.3) is 0 Å². The SMILES string of the molecule is CC(=O)Nc1ccc(N2C(=O)CC(C=C3N(C)c4ccccc4C3(C)C)C2=O)cc1. The van der Waals surface area contributed by atoms with E-state index < -0.39 is 5.92 Å². The van der Waals surface area contributed by atoms with Crippen molar-refractivity contribution in [2.75, 3.05) is 22.2 Å². The zero-order valence-corrected chi connectivity index (χ0v) is 17.6. The summed E-state index contributed by atoms with van der Waals surface area (Å²) in [6.07, 6.45) is 2.10. The molecular weight excluding hydrogens is 378 g/mol. The predicted octanol–water partition coefficient (Wildman–Crippen LogP) is 3.84. The van der Waals surface area contributed by atoms with E-state index >= 15 is 0 Å². The third-order valence-electron chi connectivity index (χ3n) is 5.93. The van der Waals surface area contributed by atoms with Crippen LogP contribution in [-0.2, 0) is 19.8 Å². The van der Waals surface area contributed by atoms with Gasteiger partial charge >= 0.3 is 0 Å². The second kappa shape index (κ2) is 7.13. The number of hydrogen-bond donors (Lipinski definition) is 1. The van der Waals surface area contributed by atoms with Crippen molar-refractivity contribution in [3.8, 4) is 0 Å². The van der Waals surface area contributed by atoms with Gasteiger partial charge < -0.3 is 10.2 Å². The molecule has 2 aromatic rings. The molecule has 1 saturated heterocycles. The van der Waals surface area contributed by atoms with Crippen LogP contribution in [0.1, 0.15) is 32.8 Å². The first-order valence-corrected chi connectivity index (χ1v) is 10.00. The minimum Gasteiger partial charge on any atom is -0.347 e. The molecule has 0 bridgehead atoms. The molecule has 0 radical (unpaired) electrons. The van der Waals surface area contributed by atoms with Crippen LogP contribution in [0.3, 0.4) is 0 Å². The lowest BCUT2D eigenvalue weighted by Gasteiger charge is -2.25. The Balaban J connectivity index is 1.61. The molecule has 1 fully saturated rings. The van der Waals surface area contributed by atoms with E-state index in [1.165, 1.54) is 17.4 Å². The Bertz CT molecular complexity index is 1070. The fraction of sp³-hybridized carbons (Fsp3) is 0.292. The van der Waals surface area contributed by atoms with Crippen molar-refractivity contribution in [3.05, 3.63) is 65.9 Å². The van der Waals surface area contributed by atoms with Crippen molar-refractivity contribution < 1.29 is 14.4 Å². The summed E-state index contributed by atoms with van der Waals surface area (Å²) < 4.78 is 0. The maximum absolute atomic E-state index is 13.1. The van der Waals surface area contributed by atoms with Crippen molar-refractivity contribution >= 4 is 34.8 Å². The zero-order chi connectivity index (χ0) is 21.6. The van der Waals surface area contributed by atoms with Gasteiger partial charge in [-0.3, -0.25) is 19.3 Å². The maximum atomic E-state index is 13.1. The molecule has 2 aliphatic heterocycles. The highest BCUT2D eigenvalue weighted by Gasteiger charge is 2.43.